The molecule has 0 bridgehead atoms. The van der Waals surface area contributed by atoms with Crippen molar-refractivity contribution in [2.75, 3.05) is 20.3 Å². The van der Waals surface area contributed by atoms with Crippen molar-refractivity contribution < 1.29 is 19.1 Å². The first-order chi connectivity index (χ1) is 13.1. The van der Waals surface area contributed by atoms with Gasteiger partial charge >= 0.3 is 5.97 Å². The Labute approximate surface area is 157 Å². The number of hydrogen-bond donors (Lipinski definition) is 1. The second-order valence-corrected chi connectivity index (χ2v) is 5.79. The first kappa shape index (κ1) is 18.4. The number of carbonyl (C=O) groups is 2. The normalized spacial score (nSPS) is 10.4. The monoisotopic (exact) mass is 364 g/mol. The zero-order valence-corrected chi connectivity index (χ0v) is 15.2. The predicted octanol–water partition coefficient (Wildman–Crippen LogP) is 3.20. The molecule has 0 unspecified atom stereocenters. The maximum atomic E-state index is 12.5. The summed E-state index contributed by atoms with van der Waals surface area (Å²) in [6.45, 7) is 1.78. The second-order valence-electron chi connectivity index (χ2n) is 5.79. The van der Waals surface area contributed by atoms with Crippen LogP contribution in [0, 0.1) is 0 Å². The summed E-state index contributed by atoms with van der Waals surface area (Å²) in [4.78, 5) is 28.4. The second kappa shape index (κ2) is 8.31. The highest BCUT2D eigenvalue weighted by Crippen LogP contribution is 2.31. The number of nitrogens with zero attached hydrogens (tertiary/aromatic N) is 1. The number of aromatic nitrogens is 1. The third-order valence-corrected chi connectivity index (χ3v) is 4.03. The van der Waals surface area contributed by atoms with Gasteiger partial charge < -0.3 is 14.8 Å². The largest absolute Gasteiger partial charge is 0.497 e. The van der Waals surface area contributed by atoms with Gasteiger partial charge in [-0.05, 0) is 42.3 Å². The summed E-state index contributed by atoms with van der Waals surface area (Å²) in [5, 5.41) is 3.43. The van der Waals surface area contributed by atoms with E-state index in [1.54, 1.807) is 26.2 Å². The van der Waals surface area contributed by atoms with Gasteiger partial charge in [0, 0.05) is 5.39 Å². The van der Waals surface area contributed by atoms with Crippen LogP contribution in [0.3, 0.4) is 0 Å². The van der Waals surface area contributed by atoms with Gasteiger partial charge in [0.2, 0.25) is 0 Å². The molecule has 0 aliphatic carbocycles. The molecule has 6 nitrogen and oxygen atoms in total. The number of amides is 1. The quantitative estimate of drug-likeness (QED) is 0.680. The van der Waals surface area contributed by atoms with Crippen molar-refractivity contribution >= 4 is 22.8 Å². The minimum absolute atomic E-state index is 0.199. The van der Waals surface area contributed by atoms with Crippen LogP contribution >= 0.6 is 0 Å². The van der Waals surface area contributed by atoms with Gasteiger partial charge in [-0.25, -0.2) is 4.98 Å². The molecule has 1 heterocycles. The molecule has 138 valence electrons. The maximum absolute atomic E-state index is 12.5. The molecular formula is C21H20N2O4. The molecule has 2 aromatic carbocycles. The van der Waals surface area contributed by atoms with Crippen LogP contribution in [-0.2, 0) is 9.53 Å². The van der Waals surface area contributed by atoms with Crippen LogP contribution in [0.15, 0.2) is 54.6 Å². The Morgan fingerprint density at radius 3 is 2.56 bits per heavy atom. The zero-order chi connectivity index (χ0) is 19.2. The topological polar surface area (TPSA) is 77.5 Å². The fourth-order valence-electron chi connectivity index (χ4n) is 2.76. The standard InChI is InChI=1S/C21H20N2O4/c1-3-27-20(24)13-22-21(25)19-12-16(14-7-5-4-6-8-14)17-11-15(26-2)9-10-18(17)23-19/h4-12H,3,13H2,1-2H3,(H,22,25). The van der Waals surface area contributed by atoms with E-state index in [4.69, 9.17) is 9.47 Å². The van der Waals surface area contributed by atoms with Gasteiger partial charge in [-0.1, -0.05) is 30.3 Å². The van der Waals surface area contributed by atoms with E-state index in [1.165, 1.54) is 0 Å². The van der Waals surface area contributed by atoms with Crippen LogP contribution < -0.4 is 10.1 Å². The van der Waals surface area contributed by atoms with Crippen molar-refractivity contribution in [2.24, 2.45) is 0 Å². The fourth-order valence-corrected chi connectivity index (χ4v) is 2.76. The molecule has 6 heteroatoms. The van der Waals surface area contributed by atoms with E-state index in [0.717, 1.165) is 16.5 Å². The third-order valence-electron chi connectivity index (χ3n) is 4.03. The molecule has 0 aliphatic heterocycles. The lowest BCUT2D eigenvalue weighted by molar-refractivity contribution is -0.141. The van der Waals surface area contributed by atoms with Crippen LogP contribution in [-0.4, -0.2) is 37.1 Å². The molecule has 0 saturated heterocycles. The molecule has 0 atom stereocenters. The Morgan fingerprint density at radius 2 is 1.85 bits per heavy atom. The summed E-state index contributed by atoms with van der Waals surface area (Å²) in [5.41, 5.74) is 2.72. The molecule has 0 radical (unpaired) electrons. The van der Waals surface area contributed by atoms with Crippen LogP contribution in [0.25, 0.3) is 22.0 Å². The maximum Gasteiger partial charge on any atom is 0.325 e. The van der Waals surface area contributed by atoms with Crippen molar-refractivity contribution in [1.29, 1.82) is 0 Å². The number of fused-ring (bicyclic) bond motifs is 1. The third kappa shape index (κ3) is 4.23. The molecule has 3 aromatic rings. The lowest BCUT2D eigenvalue weighted by atomic mass is 9.99. The Hall–Kier alpha value is -3.41. The molecule has 0 spiro atoms. The molecule has 3 rings (SSSR count). The molecule has 1 N–H and O–H groups in total. The van der Waals surface area contributed by atoms with Gasteiger partial charge in [0.25, 0.3) is 5.91 Å². The highest BCUT2D eigenvalue weighted by molar-refractivity contribution is 6.02. The molecule has 1 aromatic heterocycles. The van der Waals surface area contributed by atoms with E-state index in [0.29, 0.717) is 11.3 Å². The highest BCUT2D eigenvalue weighted by atomic mass is 16.5. The first-order valence-corrected chi connectivity index (χ1v) is 8.60. The zero-order valence-electron chi connectivity index (χ0n) is 15.2. The number of esters is 1. The van der Waals surface area contributed by atoms with E-state index in [1.807, 2.05) is 42.5 Å². The number of benzene rings is 2. The molecule has 1 amide bonds. The summed E-state index contributed by atoms with van der Waals surface area (Å²) in [6.07, 6.45) is 0. The molecule has 0 aliphatic rings. The van der Waals surface area contributed by atoms with Crippen LogP contribution in [0.2, 0.25) is 0 Å². The number of carbonyl (C=O) groups excluding carboxylic acids is 2. The van der Waals surface area contributed by atoms with Gasteiger partial charge in [0.05, 0.1) is 19.2 Å². The van der Waals surface area contributed by atoms with E-state index in [9.17, 15) is 9.59 Å². The molecule has 0 saturated carbocycles. The van der Waals surface area contributed by atoms with Crippen LogP contribution in [0.4, 0.5) is 0 Å². The number of nitrogens with one attached hydrogen (secondary N) is 1. The molecular weight excluding hydrogens is 344 g/mol. The van der Waals surface area contributed by atoms with Crippen molar-refractivity contribution in [3.05, 3.63) is 60.3 Å². The number of ether oxygens (including phenoxy) is 2. The lowest BCUT2D eigenvalue weighted by Gasteiger charge is -2.11. The highest BCUT2D eigenvalue weighted by Gasteiger charge is 2.15. The summed E-state index contributed by atoms with van der Waals surface area (Å²) in [7, 11) is 1.61. The van der Waals surface area contributed by atoms with Gasteiger partial charge in [0.15, 0.2) is 0 Å². The number of methoxy groups -OCH3 is 1. The molecule has 27 heavy (non-hydrogen) atoms. The van der Waals surface area contributed by atoms with Gasteiger partial charge in [0.1, 0.15) is 18.0 Å². The lowest BCUT2D eigenvalue weighted by Crippen LogP contribution is -2.31. The Balaban J connectivity index is 2.02. The number of hydrogen-bond acceptors (Lipinski definition) is 5. The van der Waals surface area contributed by atoms with Gasteiger partial charge in [-0.15, -0.1) is 0 Å². The summed E-state index contributed by atoms with van der Waals surface area (Å²) < 4.78 is 10.1. The average Bonchev–Trinajstić information content (AvgIpc) is 2.71. The van der Waals surface area contributed by atoms with Crippen molar-refractivity contribution in [3.8, 4) is 16.9 Å². The van der Waals surface area contributed by atoms with Gasteiger partial charge in [-0.2, -0.15) is 0 Å². The Morgan fingerprint density at radius 1 is 1.07 bits per heavy atom. The van der Waals surface area contributed by atoms with E-state index in [-0.39, 0.29) is 18.8 Å². The minimum Gasteiger partial charge on any atom is -0.497 e. The minimum atomic E-state index is -0.486. The van der Waals surface area contributed by atoms with Crippen molar-refractivity contribution in [3.63, 3.8) is 0 Å². The smallest absolute Gasteiger partial charge is 0.325 e. The van der Waals surface area contributed by atoms with Crippen LogP contribution in [0.5, 0.6) is 5.75 Å². The van der Waals surface area contributed by atoms with Crippen molar-refractivity contribution in [1.82, 2.24) is 10.3 Å². The SMILES string of the molecule is CCOC(=O)CNC(=O)c1cc(-c2ccccc2)c2cc(OC)ccc2n1. The fraction of sp³-hybridized carbons (Fsp3) is 0.190. The van der Waals surface area contributed by atoms with E-state index in [2.05, 4.69) is 10.3 Å². The predicted molar refractivity (Wildman–Crippen MR) is 103 cm³/mol. The Kier molecular flexibility index (Phi) is 5.66. The summed E-state index contributed by atoms with van der Waals surface area (Å²) in [5.74, 6) is -0.210. The summed E-state index contributed by atoms with van der Waals surface area (Å²) >= 11 is 0. The summed E-state index contributed by atoms with van der Waals surface area (Å²) in [6, 6.07) is 16.9. The van der Waals surface area contributed by atoms with Crippen molar-refractivity contribution in [2.45, 2.75) is 6.92 Å². The van der Waals surface area contributed by atoms with Gasteiger partial charge in [-0.3, -0.25) is 9.59 Å². The average molecular weight is 364 g/mol. The van der Waals surface area contributed by atoms with Crippen LogP contribution in [0.1, 0.15) is 17.4 Å². The Bertz CT molecular complexity index is 971. The van der Waals surface area contributed by atoms with E-state index >= 15 is 0 Å². The molecule has 0 fully saturated rings. The number of pyridine rings is 1. The first-order valence-electron chi connectivity index (χ1n) is 8.60. The number of rotatable bonds is 6. The van der Waals surface area contributed by atoms with E-state index < -0.39 is 11.9 Å².